The predicted octanol–water partition coefficient (Wildman–Crippen LogP) is 0.363. The van der Waals surface area contributed by atoms with Crippen molar-refractivity contribution in [1.82, 2.24) is 5.32 Å². The van der Waals surface area contributed by atoms with Crippen LogP contribution in [0.3, 0.4) is 0 Å². The molecule has 88 valence electrons. The normalized spacial score (nSPS) is 28.4. The molecule has 0 aromatic heterocycles. The van der Waals surface area contributed by atoms with Gasteiger partial charge in [-0.1, -0.05) is 0 Å². The maximum atomic E-state index is 10.5. The molecule has 2 amide bonds. The van der Waals surface area contributed by atoms with E-state index < -0.39 is 6.03 Å². The Morgan fingerprint density at radius 3 is 2.67 bits per heavy atom. The molecule has 0 unspecified atom stereocenters. The second-order valence-corrected chi connectivity index (χ2v) is 4.17. The highest BCUT2D eigenvalue weighted by Crippen LogP contribution is 2.20. The topological polar surface area (TPSA) is 84.6 Å². The minimum Gasteiger partial charge on any atom is -0.393 e. The zero-order valence-corrected chi connectivity index (χ0v) is 9.11. The third kappa shape index (κ3) is 4.99. The van der Waals surface area contributed by atoms with E-state index in [-0.39, 0.29) is 18.2 Å². The molecule has 15 heavy (non-hydrogen) atoms. The predicted molar refractivity (Wildman–Crippen MR) is 56.4 cm³/mol. The van der Waals surface area contributed by atoms with Gasteiger partial charge in [0.2, 0.25) is 0 Å². The van der Waals surface area contributed by atoms with Gasteiger partial charge in [-0.25, -0.2) is 4.79 Å². The molecule has 1 fully saturated rings. The van der Waals surface area contributed by atoms with E-state index in [4.69, 9.17) is 10.5 Å². The van der Waals surface area contributed by atoms with Crippen LogP contribution < -0.4 is 11.1 Å². The number of aliphatic hydroxyl groups is 1. The zero-order chi connectivity index (χ0) is 11.3. The molecule has 0 saturated heterocycles. The van der Waals surface area contributed by atoms with Crippen molar-refractivity contribution in [3.05, 3.63) is 0 Å². The SMILES string of the molecule is C[C@@H](CO[C@H]1CC[C@H](O)CC1)NC(N)=O. The van der Waals surface area contributed by atoms with E-state index in [2.05, 4.69) is 5.32 Å². The van der Waals surface area contributed by atoms with Crippen LogP contribution in [0.4, 0.5) is 4.79 Å². The Bertz CT molecular complexity index is 203. The molecule has 0 aromatic carbocycles. The van der Waals surface area contributed by atoms with Crippen molar-refractivity contribution >= 4 is 6.03 Å². The van der Waals surface area contributed by atoms with Crippen LogP contribution in [0, 0.1) is 0 Å². The molecular weight excluding hydrogens is 196 g/mol. The largest absolute Gasteiger partial charge is 0.393 e. The highest BCUT2D eigenvalue weighted by atomic mass is 16.5. The van der Waals surface area contributed by atoms with E-state index in [9.17, 15) is 9.90 Å². The van der Waals surface area contributed by atoms with Crippen LogP contribution in [-0.2, 0) is 4.74 Å². The number of hydrogen-bond donors (Lipinski definition) is 3. The molecular formula is C10H20N2O3. The van der Waals surface area contributed by atoms with Gasteiger partial charge in [-0.2, -0.15) is 0 Å². The molecule has 0 bridgehead atoms. The van der Waals surface area contributed by atoms with Crippen molar-refractivity contribution in [2.45, 2.75) is 50.9 Å². The van der Waals surface area contributed by atoms with Crippen LogP contribution in [0.1, 0.15) is 32.6 Å². The number of aliphatic hydroxyl groups excluding tert-OH is 1. The molecule has 0 aliphatic heterocycles. The number of rotatable bonds is 4. The Morgan fingerprint density at radius 1 is 1.53 bits per heavy atom. The first-order valence-electron chi connectivity index (χ1n) is 5.43. The van der Waals surface area contributed by atoms with Crippen molar-refractivity contribution in [3.8, 4) is 0 Å². The van der Waals surface area contributed by atoms with Gasteiger partial charge in [0, 0.05) is 0 Å². The number of amides is 2. The maximum Gasteiger partial charge on any atom is 0.312 e. The lowest BCUT2D eigenvalue weighted by molar-refractivity contribution is -0.00880. The van der Waals surface area contributed by atoms with Crippen LogP contribution in [0.25, 0.3) is 0 Å². The summed E-state index contributed by atoms with van der Waals surface area (Å²) < 4.78 is 5.61. The van der Waals surface area contributed by atoms with E-state index in [1.165, 1.54) is 0 Å². The van der Waals surface area contributed by atoms with Crippen LogP contribution in [0.15, 0.2) is 0 Å². The van der Waals surface area contributed by atoms with Crippen molar-refractivity contribution in [3.63, 3.8) is 0 Å². The first-order valence-corrected chi connectivity index (χ1v) is 5.43. The molecule has 1 aliphatic rings. The third-order valence-electron chi connectivity index (χ3n) is 2.61. The second kappa shape index (κ2) is 5.92. The van der Waals surface area contributed by atoms with E-state index >= 15 is 0 Å². The number of urea groups is 1. The molecule has 5 nitrogen and oxygen atoms in total. The number of ether oxygens (including phenoxy) is 1. The van der Waals surface area contributed by atoms with Gasteiger partial charge < -0.3 is 20.9 Å². The summed E-state index contributed by atoms with van der Waals surface area (Å²) in [4.78, 5) is 10.5. The Kier molecular flexibility index (Phi) is 4.84. The second-order valence-electron chi connectivity index (χ2n) is 4.17. The molecule has 1 atom stereocenters. The average molecular weight is 216 g/mol. The van der Waals surface area contributed by atoms with Gasteiger partial charge in [0.05, 0.1) is 24.9 Å². The molecule has 0 radical (unpaired) electrons. The fourth-order valence-electron chi connectivity index (χ4n) is 1.78. The molecule has 0 aromatic rings. The summed E-state index contributed by atoms with van der Waals surface area (Å²) in [7, 11) is 0. The molecule has 5 heteroatoms. The van der Waals surface area contributed by atoms with Gasteiger partial charge in [0.1, 0.15) is 0 Å². The first kappa shape index (κ1) is 12.3. The summed E-state index contributed by atoms with van der Waals surface area (Å²) in [6.45, 7) is 2.33. The van der Waals surface area contributed by atoms with Crippen LogP contribution >= 0.6 is 0 Å². The Balaban J connectivity index is 2.11. The van der Waals surface area contributed by atoms with Crippen LogP contribution in [0.5, 0.6) is 0 Å². The van der Waals surface area contributed by atoms with E-state index in [1.807, 2.05) is 6.92 Å². The Hall–Kier alpha value is -0.810. The standard InChI is InChI=1S/C10H20N2O3/c1-7(12-10(11)14)6-15-9-4-2-8(13)3-5-9/h7-9,13H,2-6H2,1H3,(H3,11,12,14)/t7-,8-,9-/m0/s1. The van der Waals surface area contributed by atoms with Crippen molar-refractivity contribution in [2.75, 3.05) is 6.61 Å². The van der Waals surface area contributed by atoms with Gasteiger partial charge in [0.15, 0.2) is 0 Å². The molecule has 1 aliphatic carbocycles. The lowest BCUT2D eigenvalue weighted by Crippen LogP contribution is -2.40. The van der Waals surface area contributed by atoms with Gasteiger partial charge >= 0.3 is 6.03 Å². The summed E-state index contributed by atoms with van der Waals surface area (Å²) in [6.07, 6.45) is 3.45. The monoisotopic (exact) mass is 216 g/mol. The number of carbonyl (C=O) groups is 1. The van der Waals surface area contributed by atoms with E-state index in [0.29, 0.717) is 6.61 Å². The minimum absolute atomic E-state index is 0.0608. The van der Waals surface area contributed by atoms with E-state index in [0.717, 1.165) is 25.7 Å². The molecule has 1 saturated carbocycles. The smallest absolute Gasteiger partial charge is 0.312 e. The fraction of sp³-hybridized carbons (Fsp3) is 0.900. The minimum atomic E-state index is -0.523. The summed E-state index contributed by atoms with van der Waals surface area (Å²) in [5.41, 5.74) is 4.98. The lowest BCUT2D eigenvalue weighted by atomic mass is 9.95. The number of primary amides is 1. The van der Waals surface area contributed by atoms with Crippen LogP contribution in [-0.4, -0.2) is 36.0 Å². The number of nitrogens with one attached hydrogen (secondary N) is 1. The Morgan fingerprint density at radius 2 is 2.13 bits per heavy atom. The third-order valence-corrected chi connectivity index (χ3v) is 2.61. The van der Waals surface area contributed by atoms with Gasteiger partial charge in [-0.15, -0.1) is 0 Å². The number of carbonyl (C=O) groups excluding carboxylic acids is 1. The molecule has 0 spiro atoms. The van der Waals surface area contributed by atoms with Crippen molar-refractivity contribution in [2.24, 2.45) is 5.73 Å². The van der Waals surface area contributed by atoms with Crippen LogP contribution in [0.2, 0.25) is 0 Å². The lowest BCUT2D eigenvalue weighted by Gasteiger charge is -2.26. The van der Waals surface area contributed by atoms with Gasteiger partial charge in [-0.3, -0.25) is 0 Å². The summed E-state index contributed by atoms with van der Waals surface area (Å²) in [5, 5.41) is 11.8. The highest BCUT2D eigenvalue weighted by molar-refractivity contribution is 5.71. The summed E-state index contributed by atoms with van der Waals surface area (Å²) in [5.74, 6) is 0. The van der Waals surface area contributed by atoms with Gasteiger partial charge in [-0.05, 0) is 32.6 Å². The van der Waals surface area contributed by atoms with Crippen molar-refractivity contribution < 1.29 is 14.6 Å². The van der Waals surface area contributed by atoms with Gasteiger partial charge in [0.25, 0.3) is 0 Å². The summed E-state index contributed by atoms with van der Waals surface area (Å²) >= 11 is 0. The molecule has 4 N–H and O–H groups in total. The summed E-state index contributed by atoms with van der Waals surface area (Å²) in [6, 6.07) is -0.584. The molecule has 1 rings (SSSR count). The first-order chi connectivity index (χ1) is 7.08. The average Bonchev–Trinajstić information content (AvgIpc) is 2.16. The highest BCUT2D eigenvalue weighted by Gasteiger charge is 2.20. The quantitative estimate of drug-likeness (QED) is 0.634. The maximum absolute atomic E-state index is 10.5. The fourth-order valence-corrected chi connectivity index (χ4v) is 1.78. The Labute approximate surface area is 90.0 Å². The zero-order valence-electron chi connectivity index (χ0n) is 9.11. The number of hydrogen-bond acceptors (Lipinski definition) is 3. The van der Waals surface area contributed by atoms with E-state index in [1.54, 1.807) is 0 Å². The van der Waals surface area contributed by atoms with Crippen molar-refractivity contribution in [1.29, 1.82) is 0 Å². The number of nitrogens with two attached hydrogens (primary N) is 1. The molecule has 0 heterocycles.